The van der Waals surface area contributed by atoms with Gasteiger partial charge in [-0.2, -0.15) is 0 Å². The summed E-state index contributed by atoms with van der Waals surface area (Å²) in [5, 5.41) is 10.9. The van der Waals surface area contributed by atoms with E-state index < -0.39 is 11.4 Å². The number of carboxylic acid groups (broad SMARTS) is 1. The maximum absolute atomic E-state index is 11.8. The zero-order valence-corrected chi connectivity index (χ0v) is 13.0. The van der Waals surface area contributed by atoms with Crippen molar-refractivity contribution in [1.82, 2.24) is 4.98 Å². The molecule has 5 heteroatoms. The summed E-state index contributed by atoms with van der Waals surface area (Å²) in [4.78, 5) is 19.8. The van der Waals surface area contributed by atoms with Crippen LogP contribution in [0.4, 0.5) is 0 Å². The van der Waals surface area contributed by atoms with Crippen molar-refractivity contribution in [2.75, 3.05) is 6.54 Å². The Hall–Kier alpha value is -1.62. The highest BCUT2D eigenvalue weighted by Crippen LogP contribution is 2.46. The van der Waals surface area contributed by atoms with Crippen LogP contribution in [0.3, 0.4) is 0 Å². The smallest absolute Gasteiger partial charge is 0.315 e. The van der Waals surface area contributed by atoms with Crippen LogP contribution in [0.15, 0.2) is 27.7 Å². The van der Waals surface area contributed by atoms with E-state index in [0.29, 0.717) is 19.4 Å². The van der Waals surface area contributed by atoms with Gasteiger partial charge < -0.3 is 10.1 Å². The number of benzene rings is 1. The summed E-state index contributed by atoms with van der Waals surface area (Å²) < 4.78 is 1.04. The Morgan fingerprint density at radius 1 is 1.38 bits per heavy atom. The summed E-state index contributed by atoms with van der Waals surface area (Å²) in [7, 11) is 0. The van der Waals surface area contributed by atoms with Gasteiger partial charge in [0.1, 0.15) is 5.41 Å². The van der Waals surface area contributed by atoms with Gasteiger partial charge in [0.05, 0.1) is 11.4 Å². The van der Waals surface area contributed by atoms with Gasteiger partial charge in [-0.15, -0.1) is 0 Å². The second-order valence-electron chi connectivity index (χ2n) is 5.89. The second kappa shape index (κ2) is 4.44. The highest BCUT2D eigenvalue weighted by molar-refractivity contribution is 9.10. The summed E-state index contributed by atoms with van der Waals surface area (Å²) in [6.45, 7) is 0.677. The third kappa shape index (κ3) is 1.73. The van der Waals surface area contributed by atoms with Crippen LogP contribution in [0.25, 0.3) is 10.9 Å². The van der Waals surface area contributed by atoms with Gasteiger partial charge in [0.25, 0.3) is 0 Å². The second-order valence-corrected chi connectivity index (χ2v) is 6.81. The SMILES string of the molecule is O=C(O)C1(C2=NCCc3c2[nH]c2ccc(Br)cc32)CCC1. The Labute approximate surface area is 130 Å². The number of aromatic nitrogens is 1. The summed E-state index contributed by atoms with van der Waals surface area (Å²) in [5.74, 6) is -0.736. The van der Waals surface area contributed by atoms with Crippen LogP contribution in [-0.4, -0.2) is 28.3 Å². The van der Waals surface area contributed by atoms with Gasteiger partial charge in [0.2, 0.25) is 0 Å². The predicted molar refractivity (Wildman–Crippen MR) is 85.0 cm³/mol. The summed E-state index contributed by atoms with van der Waals surface area (Å²) >= 11 is 3.51. The van der Waals surface area contributed by atoms with E-state index in [1.165, 1.54) is 10.9 Å². The van der Waals surface area contributed by atoms with Gasteiger partial charge in [-0.25, -0.2) is 0 Å². The Bertz CT molecular complexity index is 787. The number of aromatic amines is 1. The van der Waals surface area contributed by atoms with Crippen molar-refractivity contribution in [3.05, 3.63) is 33.9 Å². The number of carboxylic acids is 1. The molecule has 4 nitrogen and oxygen atoms in total. The van der Waals surface area contributed by atoms with Gasteiger partial charge in [0, 0.05) is 21.9 Å². The third-order valence-corrected chi connectivity index (χ3v) is 5.30. The summed E-state index contributed by atoms with van der Waals surface area (Å²) in [6, 6.07) is 6.13. The van der Waals surface area contributed by atoms with Gasteiger partial charge in [-0.1, -0.05) is 22.4 Å². The average molecular weight is 347 g/mol. The first-order chi connectivity index (χ1) is 10.1. The summed E-state index contributed by atoms with van der Waals surface area (Å²) in [6.07, 6.45) is 3.22. The molecule has 2 aliphatic rings. The molecule has 1 saturated carbocycles. The Morgan fingerprint density at radius 2 is 2.19 bits per heavy atom. The maximum atomic E-state index is 11.8. The topological polar surface area (TPSA) is 65.4 Å². The standard InChI is InChI=1S/C16H15BrN2O2/c17-9-2-3-12-11(8-9)10-4-7-18-14(13(10)19-12)16(15(20)21)5-1-6-16/h2-3,8,19H,1,4-7H2,(H,20,21). The van der Waals surface area contributed by atoms with Crippen molar-refractivity contribution in [3.8, 4) is 0 Å². The molecule has 1 aromatic heterocycles. The monoisotopic (exact) mass is 346 g/mol. The largest absolute Gasteiger partial charge is 0.481 e. The first-order valence-corrected chi connectivity index (χ1v) is 8.00. The van der Waals surface area contributed by atoms with Gasteiger partial charge in [0.15, 0.2) is 0 Å². The quantitative estimate of drug-likeness (QED) is 0.873. The lowest BCUT2D eigenvalue weighted by Crippen LogP contribution is -2.46. The highest BCUT2D eigenvalue weighted by Gasteiger charge is 2.50. The van der Waals surface area contributed by atoms with E-state index in [4.69, 9.17) is 0 Å². The minimum Gasteiger partial charge on any atom is -0.481 e. The predicted octanol–water partition coefficient (Wildman–Crippen LogP) is 3.53. The molecular formula is C16H15BrN2O2. The molecule has 2 heterocycles. The molecule has 1 aliphatic carbocycles. The lowest BCUT2D eigenvalue weighted by atomic mass is 9.64. The molecule has 0 amide bonds. The van der Waals surface area contributed by atoms with Crippen LogP contribution in [0.1, 0.15) is 30.5 Å². The molecule has 1 aromatic carbocycles. The number of rotatable bonds is 2. The Balaban J connectivity index is 1.93. The average Bonchev–Trinajstić information content (AvgIpc) is 2.76. The number of hydrogen-bond donors (Lipinski definition) is 2. The fourth-order valence-electron chi connectivity index (χ4n) is 3.51. The van der Waals surface area contributed by atoms with Crippen molar-refractivity contribution in [1.29, 1.82) is 0 Å². The van der Waals surface area contributed by atoms with E-state index >= 15 is 0 Å². The van der Waals surface area contributed by atoms with E-state index in [9.17, 15) is 9.90 Å². The van der Waals surface area contributed by atoms with Crippen LogP contribution in [0.5, 0.6) is 0 Å². The van der Waals surface area contributed by atoms with Gasteiger partial charge in [-0.3, -0.25) is 9.79 Å². The maximum Gasteiger partial charge on any atom is 0.315 e. The molecule has 1 aliphatic heterocycles. The van der Waals surface area contributed by atoms with Crippen LogP contribution in [0, 0.1) is 5.41 Å². The highest BCUT2D eigenvalue weighted by atomic mass is 79.9. The summed E-state index contributed by atoms with van der Waals surface area (Å²) in [5.41, 5.74) is 3.19. The molecule has 108 valence electrons. The number of halogens is 1. The number of aliphatic carboxylic acids is 1. The van der Waals surface area contributed by atoms with Crippen molar-refractivity contribution >= 4 is 38.5 Å². The van der Waals surface area contributed by atoms with Crippen molar-refractivity contribution in [2.45, 2.75) is 25.7 Å². The third-order valence-electron chi connectivity index (χ3n) is 4.81. The van der Waals surface area contributed by atoms with Crippen molar-refractivity contribution in [3.63, 3.8) is 0 Å². The molecule has 0 spiro atoms. The molecule has 2 aromatic rings. The lowest BCUT2D eigenvalue weighted by Gasteiger charge is -2.39. The van der Waals surface area contributed by atoms with Crippen LogP contribution < -0.4 is 0 Å². The Morgan fingerprint density at radius 3 is 2.86 bits per heavy atom. The molecule has 0 atom stereocenters. The Kier molecular flexibility index (Phi) is 2.76. The molecule has 0 radical (unpaired) electrons. The zero-order valence-electron chi connectivity index (χ0n) is 11.4. The molecule has 2 N–H and O–H groups in total. The van der Waals surface area contributed by atoms with Gasteiger partial charge >= 0.3 is 5.97 Å². The van der Waals surface area contributed by atoms with Crippen molar-refractivity contribution in [2.24, 2.45) is 10.4 Å². The minimum absolute atomic E-state index is 0.677. The van der Waals surface area contributed by atoms with Gasteiger partial charge in [-0.05, 0) is 43.0 Å². The van der Waals surface area contributed by atoms with Crippen LogP contribution >= 0.6 is 15.9 Å². The first-order valence-electron chi connectivity index (χ1n) is 7.21. The fraction of sp³-hybridized carbons (Fsp3) is 0.375. The molecule has 21 heavy (non-hydrogen) atoms. The lowest BCUT2D eigenvalue weighted by molar-refractivity contribution is -0.148. The minimum atomic E-state index is -0.771. The van der Waals surface area contributed by atoms with E-state index in [-0.39, 0.29) is 0 Å². The van der Waals surface area contributed by atoms with E-state index in [1.807, 2.05) is 12.1 Å². The molecular weight excluding hydrogens is 332 g/mol. The number of fused-ring (bicyclic) bond motifs is 3. The van der Waals surface area contributed by atoms with E-state index in [0.717, 1.165) is 34.2 Å². The molecule has 0 bridgehead atoms. The zero-order chi connectivity index (χ0) is 14.6. The van der Waals surface area contributed by atoms with Crippen LogP contribution in [-0.2, 0) is 11.2 Å². The van der Waals surface area contributed by atoms with E-state index in [1.54, 1.807) is 0 Å². The fourth-order valence-corrected chi connectivity index (χ4v) is 3.87. The number of nitrogens with zero attached hydrogens (tertiary/aromatic N) is 1. The van der Waals surface area contributed by atoms with Crippen LogP contribution in [0.2, 0.25) is 0 Å². The number of H-pyrrole nitrogens is 1. The molecule has 1 fully saturated rings. The van der Waals surface area contributed by atoms with Crippen molar-refractivity contribution < 1.29 is 9.90 Å². The number of nitrogens with one attached hydrogen (secondary N) is 1. The normalized spacial score (nSPS) is 19.8. The molecule has 4 rings (SSSR count). The van der Waals surface area contributed by atoms with E-state index in [2.05, 4.69) is 32.0 Å². The molecule has 0 unspecified atom stereocenters. The molecule has 0 saturated heterocycles. The number of aliphatic imine (C=N–C) groups is 1. The number of hydrogen-bond acceptors (Lipinski definition) is 2. The number of carbonyl (C=O) groups is 1. The first kappa shape index (κ1) is 13.1.